The highest BCUT2D eigenvalue weighted by Gasteiger charge is 2.41. The first-order chi connectivity index (χ1) is 7.74. The summed E-state index contributed by atoms with van der Waals surface area (Å²) in [6.07, 6.45) is 7.19. The van der Waals surface area contributed by atoms with Crippen LogP contribution in [0.3, 0.4) is 0 Å². The van der Waals surface area contributed by atoms with Crippen LogP contribution < -0.4 is 5.32 Å². The van der Waals surface area contributed by atoms with Crippen LogP contribution in [0.5, 0.6) is 0 Å². The van der Waals surface area contributed by atoms with Crippen molar-refractivity contribution in [3.05, 3.63) is 0 Å². The monoisotopic (exact) mass is 222 g/mol. The molecule has 2 bridgehead atoms. The molecule has 3 heterocycles. The van der Waals surface area contributed by atoms with Crippen LogP contribution in [-0.2, 0) is 0 Å². The van der Waals surface area contributed by atoms with Gasteiger partial charge < -0.3 is 5.32 Å². The molecular formula is C14H26N2. The van der Waals surface area contributed by atoms with E-state index in [1.807, 2.05) is 0 Å². The Morgan fingerprint density at radius 1 is 1.25 bits per heavy atom. The van der Waals surface area contributed by atoms with Crippen molar-refractivity contribution in [2.24, 2.45) is 11.8 Å². The fraction of sp³-hybridized carbons (Fsp3) is 1.00. The number of likely N-dealkylation sites (tertiary alicyclic amines) is 1. The molecule has 2 heteroatoms. The molecule has 4 unspecified atom stereocenters. The second-order valence-corrected chi connectivity index (χ2v) is 6.49. The third-order valence-electron chi connectivity index (χ3n) is 5.09. The standard InChI is InChI=1S/C14H26N2/c1-10(2)14-4-3-7-16(14)9-11-8-12-5-6-13(11)15-12/h10-15H,3-9H2,1-2H3. The van der Waals surface area contributed by atoms with Crippen molar-refractivity contribution in [2.45, 2.75) is 64.1 Å². The topological polar surface area (TPSA) is 15.3 Å². The molecule has 0 amide bonds. The Kier molecular flexibility index (Phi) is 2.97. The van der Waals surface area contributed by atoms with E-state index in [1.165, 1.54) is 45.2 Å². The average Bonchev–Trinajstić information content (AvgIpc) is 2.91. The molecule has 0 spiro atoms. The molecule has 0 radical (unpaired) electrons. The summed E-state index contributed by atoms with van der Waals surface area (Å²) < 4.78 is 0. The minimum atomic E-state index is 0.842. The number of rotatable bonds is 3. The van der Waals surface area contributed by atoms with Crippen molar-refractivity contribution in [3.8, 4) is 0 Å². The van der Waals surface area contributed by atoms with Gasteiger partial charge in [0.1, 0.15) is 0 Å². The molecule has 3 rings (SSSR count). The summed E-state index contributed by atoms with van der Waals surface area (Å²) in [4.78, 5) is 2.79. The average molecular weight is 222 g/mol. The highest BCUT2D eigenvalue weighted by Crippen LogP contribution is 2.35. The number of hydrogen-bond acceptors (Lipinski definition) is 2. The summed E-state index contributed by atoms with van der Waals surface area (Å²) >= 11 is 0. The molecular weight excluding hydrogens is 196 g/mol. The van der Waals surface area contributed by atoms with Gasteiger partial charge in [0.2, 0.25) is 0 Å². The number of fused-ring (bicyclic) bond motifs is 2. The summed E-state index contributed by atoms with van der Waals surface area (Å²) in [5, 5.41) is 3.77. The van der Waals surface area contributed by atoms with E-state index in [-0.39, 0.29) is 0 Å². The molecule has 92 valence electrons. The summed E-state index contributed by atoms with van der Waals surface area (Å²) in [6, 6.07) is 2.60. The second-order valence-electron chi connectivity index (χ2n) is 6.49. The number of nitrogens with zero attached hydrogens (tertiary/aromatic N) is 1. The maximum absolute atomic E-state index is 3.77. The van der Waals surface area contributed by atoms with E-state index in [4.69, 9.17) is 0 Å². The summed E-state index contributed by atoms with van der Waals surface area (Å²) in [7, 11) is 0. The van der Waals surface area contributed by atoms with Crippen LogP contribution in [0.25, 0.3) is 0 Å². The summed E-state index contributed by atoms with van der Waals surface area (Å²) in [6.45, 7) is 7.51. The van der Waals surface area contributed by atoms with Gasteiger partial charge >= 0.3 is 0 Å². The van der Waals surface area contributed by atoms with E-state index in [0.29, 0.717) is 0 Å². The van der Waals surface area contributed by atoms with Gasteiger partial charge in [0.15, 0.2) is 0 Å². The molecule has 0 aromatic rings. The zero-order valence-electron chi connectivity index (χ0n) is 10.8. The van der Waals surface area contributed by atoms with Crippen LogP contribution in [0.4, 0.5) is 0 Å². The first-order valence-corrected chi connectivity index (χ1v) is 7.24. The quantitative estimate of drug-likeness (QED) is 0.788. The zero-order chi connectivity index (χ0) is 11.1. The van der Waals surface area contributed by atoms with Gasteiger partial charge in [-0.1, -0.05) is 13.8 Å². The van der Waals surface area contributed by atoms with Crippen molar-refractivity contribution in [2.75, 3.05) is 13.1 Å². The molecule has 0 saturated carbocycles. The molecule has 0 aliphatic carbocycles. The maximum Gasteiger partial charge on any atom is 0.0119 e. The predicted molar refractivity (Wildman–Crippen MR) is 67.5 cm³/mol. The third kappa shape index (κ3) is 1.91. The van der Waals surface area contributed by atoms with Crippen molar-refractivity contribution in [3.63, 3.8) is 0 Å². The molecule has 4 atom stereocenters. The predicted octanol–water partition coefficient (Wildman–Crippen LogP) is 2.25. The molecule has 0 aromatic carbocycles. The van der Waals surface area contributed by atoms with Crippen LogP contribution in [0, 0.1) is 11.8 Å². The van der Waals surface area contributed by atoms with E-state index in [2.05, 4.69) is 24.1 Å². The smallest absolute Gasteiger partial charge is 0.0119 e. The highest BCUT2D eigenvalue weighted by atomic mass is 15.2. The first-order valence-electron chi connectivity index (χ1n) is 7.24. The van der Waals surface area contributed by atoms with Crippen molar-refractivity contribution >= 4 is 0 Å². The molecule has 1 N–H and O–H groups in total. The number of nitrogens with one attached hydrogen (secondary N) is 1. The Hall–Kier alpha value is -0.0800. The van der Waals surface area contributed by atoms with Gasteiger partial charge in [-0.05, 0) is 50.5 Å². The zero-order valence-corrected chi connectivity index (χ0v) is 10.8. The van der Waals surface area contributed by atoms with E-state index in [0.717, 1.165) is 30.0 Å². The van der Waals surface area contributed by atoms with Crippen molar-refractivity contribution in [1.82, 2.24) is 10.2 Å². The van der Waals surface area contributed by atoms with Crippen LogP contribution in [0.15, 0.2) is 0 Å². The molecule has 3 aliphatic rings. The molecule has 16 heavy (non-hydrogen) atoms. The van der Waals surface area contributed by atoms with Gasteiger partial charge in [0, 0.05) is 24.7 Å². The highest BCUT2D eigenvalue weighted by molar-refractivity contribution is 4.99. The fourth-order valence-electron chi connectivity index (χ4n) is 4.27. The Balaban J connectivity index is 1.58. The fourth-order valence-corrected chi connectivity index (χ4v) is 4.27. The Morgan fingerprint density at radius 3 is 2.75 bits per heavy atom. The van der Waals surface area contributed by atoms with Gasteiger partial charge in [-0.2, -0.15) is 0 Å². The summed E-state index contributed by atoms with van der Waals surface area (Å²) in [5.74, 6) is 1.80. The molecule has 2 nitrogen and oxygen atoms in total. The van der Waals surface area contributed by atoms with E-state index in [9.17, 15) is 0 Å². The van der Waals surface area contributed by atoms with Crippen molar-refractivity contribution < 1.29 is 0 Å². The van der Waals surface area contributed by atoms with E-state index >= 15 is 0 Å². The summed E-state index contributed by atoms with van der Waals surface area (Å²) in [5.41, 5.74) is 0. The molecule has 0 aromatic heterocycles. The normalized spacial score (nSPS) is 43.7. The number of hydrogen-bond donors (Lipinski definition) is 1. The van der Waals surface area contributed by atoms with Gasteiger partial charge in [-0.25, -0.2) is 0 Å². The van der Waals surface area contributed by atoms with E-state index < -0.39 is 0 Å². The first kappa shape index (κ1) is 11.0. The van der Waals surface area contributed by atoms with Crippen LogP contribution >= 0.6 is 0 Å². The molecule has 3 saturated heterocycles. The Morgan fingerprint density at radius 2 is 2.12 bits per heavy atom. The van der Waals surface area contributed by atoms with Crippen LogP contribution in [0.1, 0.15) is 46.0 Å². The maximum atomic E-state index is 3.77. The minimum absolute atomic E-state index is 0.842. The van der Waals surface area contributed by atoms with Crippen molar-refractivity contribution in [1.29, 1.82) is 0 Å². The molecule has 3 fully saturated rings. The van der Waals surface area contributed by atoms with Crippen LogP contribution in [-0.4, -0.2) is 36.1 Å². The lowest BCUT2D eigenvalue weighted by atomic mass is 9.88. The van der Waals surface area contributed by atoms with E-state index in [1.54, 1.807) is 0 Å². The lowest BCUT2D eigenvalue weighted by Gasteiger charge is -2.32. The minimum Gasteiger partial charge on any atom is -0.311 e. The SMILES string of the molecule is CC(C)C1CCCN1CC1CC2CCC1N2. The largest absolute Gasteiger partial charge is 0.311 e. The third-order valence-corrected chi connectivity index (χ3v) is 5.09. The Labute approximate surface area is 99.8 Å². The van der Waals surface area contributed by atoms with Gasteiger partial charge in [-0.3, -0.25) is 4.90 Å². The lowest BCUT2D eigenvalue weighted by Crippen LogP contribution is -2.40. The second kappa shape index (κ2) is 4.30. The van der Waals surface area contributed by atoms with Gasteiger partial charge in [-0.15, -0.1) is 0 Å². The lowest BCUT2D eigenvalue weighted by molar-refractivity contribution is 0.165. The Bertz CT molecular complexity index is 251. The van der Waals surface area contributed by atoms with Crippen LogP contribution in [0.2, 0.25) is 0 Å². The van der Waals surface area contributed by atoms with Gasteiger partial charge in [0.05, 0.1) is 0 Å². The van der Waals surface area contributed by atoms with Gasteiger partial charge in [0.25, 0.3) is 0 Å². The molecule has 3 aliphatic heterocycles.